The van der Waals surface area contributed by atoms with E-state index in [1.165, 1.54) is 24.3 Å². The van der Waals surface area contributed by atoms with Crippen LogP contribution in [0.5, 0.6) is 5.75 Å². The van der Waals surface area contributed by atoms with Crippen molar-refractivity contribution in [2.24, 2.45) is 0 Å². The molecule has 1 amide bonds. The van der Waals surface area contributed by atoms with Gasteiger partial charge in [0.25, 0.3) is 11.6 Å². The van der Waals surface area contributed by atoms with Gasteiger partial charge in [-0.1, -0.05) is 31.2 Å². The Kier molecular flexibility index (Phi) is 6.67. The summed E-state index contributed by atoms with van der Waals surface area (Å²) in [5, 5.41) is 22.9. The van der Waals surface area contributed by atoms with Crippen LogP contribution in [0.15, 0.2) is 48.0 Å². The van der Waals surface area contributed by atoms with E-state index in [1.807, 2.05) is 13.0 Å². The number of amides is 1. The number of nitro benzene ring substituents is 1. The van der Waals surface area contributed by atoms with E-state index in [0.717, 1.165) is 6.42 Å². The number of benzene rings is 2. The highest BCUT2D eigenvalue weighted by molar-refractivity contribution is 6.10. The predicted molar refractivity (Wildman–Crippen MR) is 102 cm³/mol. The Morgan fingerprint density at radius 2 is 2.07 bits per heavy atom. The monoisotopic (exact) mass is 365 g/mol. The maximum Gasteiger partial charge on any atom is 0.271 e. The van der Waals surface area contributed by atoms with E-state index in [4.69, 9.17) is 4.74 Å². The van der Waals surface area contributed by atoms with Crippen molar-refractivity contribution in [2.45, 2.75) is 20.3 Å². The molecule has 0 heterocycles. The number of nitro groups is 1. The first-order valence-electron chi connectivity index (χ1n) is 8.36. The second kappa shape index (κ2) is 9.15. The molecule has 138 valence electrons. The van der Waals surface area contributed by atoms with E-state index in [1.54, 1.807) is 31.2 Å². The highest BCUT2D eigenvalue weighted by Gasteiger charge is 2.15. The zero-order chi connectivity index (χ0) is 19.8. The molecule has 0 unspecified atom stereocenters. The lowest BCUT2D eigenvalue weighted by molar-refractivity contribution is -0.384. The third-order valence-electron chi connectivity index (χ3n) is 3.73. The molecule has 0 spiro atoms. The van der Waals surface area contributed by atoms with Gasteiger partial charge in [0.1, 0.15) is 17.4 Å². The van der Waals surface area contributed by atoms with Gasteiger partial charge in [0.15, 0.2) is 0 Å². The molecular weight excluding hydrogens is 346 g/mol. The number of ether oxygens (including phenoxy) is 1. The zero-order valence-corrected chi connectivity index (χ0v) is 15.1. The van der Waals surface area contributed by atoms with E-state index in [9.17, 15) is 20.2 Å². The minimum Gasteiger partial charge on any atom is -0.493 e. The summed E-state index contributed by atoms with van der Waals surface area (Å²) in [6.07, 6.45) is 2.27. The average Bonchev–Trinajstić information content (AvgIpc) is 2.66. The van der Waals surface area contributed by atoms with Gasteiger partial charge in [0.2, 0.25) is 0 Å². The molecule has 0 aliphatic rings. The van der Waals surface area contributed by atoms with Gasteiger partial charge < -0.3 is 10.1 Å². The number of carbonyl (C=O) groups is 1. The van der Waals surface area contributed by atoms with Crippen molar-refractivity contribution < 1.29 is 14.5 Å². The molecule has 0 fully saturated rings. The maximum atomic E-state index is 12.5. The molecule has 2 aromatic carbocycles. The number of aryl methyl sites for hydroxylation is 1. The van der Waals surface area contributed by atoms with Gasteiger partial charge in [-0.15, -0.1) is 0 Å². The molecule has 2 rings (SSSR count). The van der Waals surface area contributed by atoms with Gasteiger partial charge in [-0.05, 0) is 31.1 Å². The van der Waals surface area contributed by atoms with Crippen LogP contribution < -0.4 is 10.1 Å². The molecule has 0 aliphatic carbocycles. The zero-order valence-electron chi connectivity index (χ0n) is 15.1. The summed E-state index contributed by atoms with van der Waals surface area (Å²) >= 11 is 0. The number of nitrogens with one attached hydrogen (secondary N) is 1. The number of nitrogens with zero attached hydrogens (tertiary/aromatic N) is 2. The fourth-order valence-electron chi connectivity index (χ4n) is 2.30. The van der Waals surface area contributed by atoms with Gasteiger partial charge >= 0.3 is 0 Å². The van der Waals surface area contributed by atoms with Crippen molar-refractivity contribution >= 4 is 23.4 Å². The van der Waals surface area contributed by atoms with E-state index in [2.05, 4.69) is 5.32 Å². The van der Waals surface area contributed by atoms with Crippen molar-refractivity contribution in [3.8, 4) is 11.8 Å². The quantitative estimate of drug-likeness (QED) is 0.342. The largest absolute Gasteiger partial charge is 0.493 e. The Labute approximate surface area is 157 Å². The van der Waals surface area contributed by atoms with Crippen molar-refractivity contribution in [1.29, 1.82) is 5.26 Å². The standard InChI is InChI=1S/C20H19N3O4/c1-3-10-27-19-7-5-4-6-15(19)11-16(13-21)20(24)22-18-12-17(23(25)26)9-8-14(18)2/h4-9,11-12H,3,10H2,1-2H3,(H,22,24)/b16-11+. The molecule has 0 bridgehead atoms. The number of para-hydroxylation sites is 1. The minimum atomic E-state index is -0.647. The Morgan fingerprint density at radius 1 is 1.33 bits per heavy atom. The fourth-order valence-corrected chi connectivity index (χ4v) is 2.30. The number of nitriles is 1. The van der Waals surface area contributed by atoms with Crippen LogP contribution in [0.25, 0.3) is 6.08 Å². The Morgan fingerprint density at radius 3 is 2.74 bits per heavy atom. The van der Waals surface area contributed by atoms with Gasteiger partial charge in [0.05, 0.1) is 17.2 Å². The number of hydrogen-bond donors (Lipinski definition) is 1. The maximum absolute atomic E-state index is 12.5. The van der Waals surface area contributed by atoms with Crippen molar-refractivity contribution in [2.75, 3.05) is 11.9 Å². The van der Waals surface area contributed by atoms with Crippen LogP contribution in [-0.2, 0) is 4.79 Å². The third kappa shape index (κ3) is 5.16. The van der Waals surface area contributed by atoms with Crippen LogP contribution in [0, 0.1) is 28.4 Å². The van der Waals surface area contributed by atoms with Crippen LogP contribution in [0.3, 0.4) is 0 Å². The second-order valence-electron chi connectivity index (χ2n) is 5.77. The van der Waals surface area contributed by atoms with Crippen LogP contribution in [0.2, 0.25) is 0 Å². The topological polar surface area (TPSA) is 105 Å². The highest BCUT2D eigenvalue weighted by atomic mass is 16.6. The molecule has 0 aromatic heterocycles. The smallest absolute Gasteiger partial charge is 0.271 e. The average molecular weight is 365 g/mol. The van der Waals surface area contributed by atoms with Crippen molar-refractivity contribution in [1.82, 2.24) is 0 Å². The molecule has 7 heteroatoms. The number of rotatable bonds is 7. The minimum absolute atomic E-state index is 0.131. The molecular formula is C20H19N3O4. The van der Waals surface area contributed by atoms with Crippen LogP contribution in [0.1, 0.15) is 24.5 Å². The third-order valence-corrected chi connectivity index (χ3v) is 3.73. The highest BCUT2D eigenvalue weighted by Crippen LogP contribution is 2.24. The van der Waals surface area contributed by atoms with Gasteiger partial charge in [-0.3, -0.25) is 14.9 Å². The Bertz CT molecular complexity index is 929. The molecule has 0 aliphatic heterocycles. The normalized spacial score (nSPS) is 10.8. The van der Waals surface area contributed by atoms with Crippen molar-refractivity contribution in [3.63, 3.8) is 0 Å². The number of non-ortho nitro benzene ring substituents is 1. The van der Waals surface area contributed by atoms with Crippen LogP contribution >= 0.6 is 0 Å². The van der Waals surface area contributed by atoms with E-state index < -0.39 is 10.8 Å². The van der Waals surface area contributed by atoms with E-state index >= 15 is 0 Å². The fraction of sp³-hybridized carbons (Fsp3) is 0.200. The molecule has 0 saturated carbocycles. The molecule has 7 nitrogen and oxygen atoms in total. The van der Waals surface area contributed by atoms with E-state index in [-0.39, 0.29) is 16.9 Å². The second-order valence-corrected chi connectivity index (χ2v) is 5.77. The lowest BCUT2D eigenvalue weighted by Gasteiger charge is -2.10. The molecule has 0 saturated heterocycles. The van der Waals surface area contributed by atoms with E-state index in [0.29, 0.717) is 23.5 Å². The Hall–Kier alpha value is -3.66. The van der Waals surface area contributed by atoms with Crippen LogP contribution in [-0.4, -0.2) is 17.4 Å². The summed E-state index contributed by atoms with van der Waals surface area (Å²) in [6.45, 7) is 4.21. The molecule has 0 radical (unpaired) electrons. The van der Waals surface area contributed by atoms with Crippen molar-refractivity contribution in [3.05, 3.63) is 69.3 Å². The Balaban J connectivity index is 2.30. The number of hydrogen-bond acceptors (Lipinski definition) is 5. The SMILES string of the molecule is CCCOc1ccccc1/C=C(\C#N)C(=O)Nc1cc([N+](=O)[O-])ccc1C. The lowest BCUT2D eigenvalue weighted by Crippen LogP contribution is -2.14. The number of anilines is 1. The molecule has 27 heavy (non-hydrogen) atoms. The number of carbonyl (C=O) groups excluding carboxylic acids is 1. The molecule has 0 atom stereocenters. The summed E-state index contributed by atoms with van der Waals surface area (Å²) in [4.78, 5) is 22.9. The first-order chi connectivity index (χ1) is 13.0. The molecule has 1 N–H and O–H groups in total. The summed E-state index contributed by atoms with van der Waals surface area (Å²) in [5.41, 5.74) is 1.27. The first-order valence-corrected chi connectivity index (χ1v) is 8.36. The van der Waals surface area contributed by atoms with Crippen LogP contribution in [0.4, 0.5) is 11.4 Å². The lowest BCUT2D eigenvalue weighted by atomic mass is 10.1. The predicted octanol–water partition coefficient (Wildman–Crippen LogP) is 4.24. The van der Waals surface area contributed by atoms with Gasteiger partial charge in [0, 0.05) is 17.7 Å². The summed E-state index contributed by atoms with van der Waals surface area (Å²) in [7, 11) is 0. The molecule has 2 aromatic rings. The first kappa shape index (κ1) is 19.7. The summed E-state index contributed by atoms with van der Waals surface area (Å²) in [6, 6.07) is 13.1. The van der Waals surface area contributed by atoms with Gasteiger partial charge in [-0.2, -0.15) is 5.26 Å². The summed E-state index contributed by atoms with van der Waals surface area (Å²) in [5.74, 6) is -0.0715. The summed E-state index contributed by atoms with van der Waals surface area (Å²) < 4.78 is 5.63. The van der Waals surface area contributed by atoms with Gasteiger partial charge in [-0.25, -0.2) is 0 Å².